The van der Waals surface area contributed by atoms with Crippen molar-refractivity contribution in [3.05, 3.63) is 23.8 Å². The van der Waals surface area contributed by atoms with E-state index in [-0.39, 0.29) is 0 Å². The monoisotopic (exact) mass is 245 g/mol. The highest BCUT2D eigenvalue weighted by atomic mass is 16.5. The predicted molar refractivity (Wildman–Crippen MR) is 72.0 cm³/mol. The second kappa shape index (κ2) is 5.74. The minimum atomic E-state index is 0.398. The summed E-state index contributed by atoms with van der Waals surface area (Å²) in [5.74, 6) is 0.918. The Labute approximate surface area is 108 Å². The molecule has 0 spiro atoms. The molecule has 1 atom stereocenters. The molecule has 96 valence electrons. The highest BCUT2D eigenvalue weighted by Crippen LogP contribution is 2.31. The van der Waals surface area contributed by atoms with E-state index in [2.05, 4.69) is 35.3 Å². The number of hydrogen-bond acceptors (Lipinski definition) is 4. The summed E-state index contributed by atoms with van der Waals surface area (Å²) in [7, 11) is 1.70. The molecule has 1 N–H and O–H groups in total. The minimum absolute atomic E-state index is 0.398. The van der Waals surface area contributed by atoms with E-state index in [4.69, 9.17) is 10.00 Å². The number of aryl methyl sites for hydroxylation is 1. The lowest BCUT2D eigenvalue weighted by Gasteiger charge is -2.21. The van der Waals surface area contributed by atoms with E-state index >= 15 is 0 Å². The molecule has 18 heavy (non-hydrogen) atoms. The summed E-state index contributed by atoms with van der Waals surface area (Å²) in [4.78, 5) is 2.32. The van der Waals surface area contributed by atoms with Gasteiger partial charge in [-0.25, -0.2) is 0 Å². The van der Waals surface area contributed by atoms with Crippen molar-refractivity contribution in [2.45, 2.75) is 19.4 Å². The van der Waals surface area contributed by atoms with Crippen molar-refractivity contribution in [3.8, 4) is 11.8 Å². The van der Waals surface area contributed by atoms with Crippen LogP contribution < -0.4 is 15.0 Å². The first-order valence-corrected chi connectivity index (χ1v) is 6.24. The number of nitrogens with zero attached hydrogens (tertiary/aromatic N) is 2. The average Bonchev–Trinajstić information content (AvgIpc) is 2.85. The standard InChI is InChI=1S/C14H19N3O/c1-11-3-4-14(18-2)13(9-11)17-8-5-12(10-17)16-7-6-15/h3-4,9,12,16H,5,7-8,10H2,1-2H3. The van der Waals surface area contributed by atoms with E-state index in [0.717, 1.165) is 30.9 Å². The van der Waals surface area contributed by atoms with Crippen LogP contribution in [-0.2, 0) is 0 Å². The molecule has 0 radical (unpaired) electrons. The molecule has 4 heteroatoms. The third-order valence-electron chi connectivity index (χ3n) is 3.33. The van der Waals surface area contributed by atoms with E-state index in [9.17, 15) is 0 Å². The predicted octanol–water partition coefficient (Wildman–Crippen LogP) is 1.70. The molecule has 1 heterocycles. The number of rotatable bonds is 4. The van der Waals surface area contributed by atoms with Gasteiger partial charge in [-0.1, -0.05) is 6.07 Å². The number of anilines is 1. The van der Waals surface area contributed by atoms with Gasteiger partial charge in [-0.15, -0.1) is 0 Å². The van der Waals surface area contributed by atoms with Crippen molar-refractivity contribution < 1.29 is 4.74 Å². The fourth-order valence-electron chi connectivity index (χ4n) is 2.38. The SMILES string of the molecule is COc1ccc(C)cc1N1CCC(NCC#N)C1. The van der Waals surface area contributed by atoms with Gasteiger partial charge in [0.2, 0.25) is 0 Å². The van der Waals surface area contributed by atoms with Gasteiger partial charge >= 0.3 is 0 Å². The molecule has 1 saturated heterocycles. The summed E-state index contributed by atoms with van der Waals surface area (Å²) in [5.41, 5.74) is 2.39. The zero-order valence-electron chi connectivity index (χ0n) is 10.9. The summed E-state index contributed by atoms with van der Waals surface area (Å²) in [6.45, 7) is 4.44. The fraction of sp³-hybridized carbons (Fsp3) is 0.500. The average molecular weight is 245 g/mol. The quantitative estimate of drug-likeness (QED) is 0.820. The van der Waals surface area contributed by atoms with Gasteiger partial charge in [-0.05, 0) is 31.0 Å². The molecule has 1 unspecified atom stereocenters. The number of nitrogens with one attached hydrogen (secondary N) is 1. The number of methoxy groups -OCH3 is 1. The number of nitriles is 1. The molecular formula is C14H19N3O. The smallest absolute Gasteiger partial charge is 0.142 e. The Morgan fingerprint density at radius 3 is 3.11 bits per heavy atom. The van der Waals surface area contributed by atoms with Gasteiger partial charge in [-0.2, -0.15) is 5.26 Å². The lowest BCUT2D eigenvalue weighted by molar-refractivity contribution is 0.414. The van der Waals surface area contributed by atoms with Crippen LogP contribution in [0.1, 0.15) is 12.0 Å². The Balaban J connectivity index is 2.09. The molecule has 0 aliphatic carbocycles. The molecule has 1 aliphatic heterocycles. The first-order chi connectivity index (χ1) is 8.74. The topological polar surface area (TPSA) is 48.3 Å². The lowest BCUT2D eigenvalue weighted by Crippen LogP contribution is -2.32. The van der Waals surface area contributed by atoms with Crippen LogP contribution in [0, 0.1) is 18.3 Å². The summed E-state index contributed by atoms with van der Waals surface area (Å²) in [5, 5.41) is 11.8. The number of benzene rings is 1. The largest absolute Gasteiger partial charge is 0.495 e. The molecule has 4 nitrogen and oxygen atoms in total. The Bertz CT molecular complexity index is 453. The Kier molecular flexibility index (Phi) is 4.06. The van der Waals surface area contributed by atoms with Crippen molar-refractivity contribution in [1.82, 2.24) is 5.32 Å². The Hall–Kier alpha value is -1.73. The molecule has 1 aliphatic rings. The first kappa shape index (κ1) is 12.7. The summed E-state index contributed by atoms with van der Waals surface area (Å²) >= 11 is 0. The van der Waals surface area contributed by atoms with E-state index in [1.807, 2.05) is 6.07 Å². The summed E-state index contributed by atoms with van der Waals surface area (Å²) in [6.07, 6.45) is 1.07. The molecular weight excluding hydrogens is 226 g/mol. The van der Waals surface area contributed by atoms with Crippen LogP contribution in [0.5, 0.6) is 5.75 Å². The van der Waals surface area contributed by atoms with Crippen LogP contribution in [-0.4, -0.2) is 32.8 Å². The maximum atomic E-state index is 8.58. The molecule has 0 aromatic heterocycles. The number of hydrogen-bond donors (Lipinski definition) is 1. The van der Waals surface area contributed by atoms with E-state index < -0.39 is 0 Å². The molecule has 1 aromatic rings. The second-order valence-electron chi connectivity index (χ2n) is 4.65. The van der Waals surface area contributed by atoms with Gasteiger partial charge in [-0.3, -0.25) is 5.32 Å². The van der Waals surface area contributed by atoms with Gasteiger partial charge in [0.05, 0.1) is 25.4 Å². The minimum Gasteiger partial charge on any atom is -0.495 e. The Morgan fingerprint density at radius 1 is 1.56 bits per heavy atom. The third-order valence-corrected chi connectivity index (χ3v) is 3.33. The van der Waals surface area contributed by atoms with Gasteiger partial charge in [0, 0.05) is 19.1 Å². The van der Waals surface area contributed by atoms with Crippen LogP contribution in [0.15, 0.2) is 18.2 Å². The summed E-state index contributed by atoms with van der Waals surface area (Å²) < 4.78 is 5.41. The van der Waals surface area contributed by atoms with Gasteiger partial charge in [0.1, 0.15) is 5.75 Å². The van der Waals surface area contributed by atoms with Gasteiger partial charge in [0.25, 0.3) is 0 Å². The van der Waals surface area contributed by atoms with Crippen LogP contribution in [0.3, 0.4) is 0 Å². The van der Waals surface area contributed by atoms with Gasteiger partial charge < -0.3 is 9.64 Å². The highest BCUT2D eigenvalue weighted by molar-refractivity contribution is 5.60. The Morgan fingerprint density at radius 2 is 2.39 bits per heavy atom. The van der Waals surface area contributed by atoms with Crippen molar-refractivity contribution in [3.63, 3.8) is 0 Å². The highest BCUT2D eigenvalue weighted by Gasteiger charge is 2.24. The molecule has 2 rings (SSSR count). The zero-order chi connectivity index (χ0) is 13.0. The summed E-state index contributed by atoms with van der Waals surface area (Å²) in [6, 6.07) is 8.76. The normalized spacial score (nSPS) is 18.7. The van der Waals surface area contributed by atoms with Gasteiger partial charge in [0.15, 0.2) is 0 Å². The van der Waals surface area contributed by atoms with Crippen LogP contribution >= 0.6 is 0 Å². The van der Waals surface area contributed by atoms with Crippen LogP contribution in [0.2, 0.25) is 0 Å². The van der Waals surface area contributed by atoms with Crippen molar-refractivity contribution in [1.29, 1.82) is 5.26 Å². The fourth-order valence-corrected chi connectivity index (χ4v) is 2.38. The maximum absolute atomic E-state index is 8.58. The van der Waals surface area contributed by atoms with Crippen LogP contribution in [0.4, 0.5) is 5.69 Å². The first-order valence-electron chi connectivity index (χ1n) is 6.24. The van der Waals surface area contributed by atoms with E-state index in [1.165, 1.54) is 5.56 Å². The molecule has 0 bridgehead atoms. The van der Waals surface area contributed by atoms with E-state index in [0.29, 0.717) is 12.6 Å². The molecule has 0 saturated carbocycles. The lowest BCUT2D eigenvalue weighted by atomic mass is 10.2. The maximum Gasteiger partial charge on any atom is 0.142 e. The molecule has 0 amide bonds. The molecule has 1 fully saturated rings. The second-order valence-corrected chi connectivity index (χ2v) is 4.65. The van der Waals surface area contributed by atoms with Crippen molar-refractivity contribution >= 4 is 5.69 Å². The van der Waals surface area contributed by atoms with Crippen molar-refractivity contribution in [2.75, 3.05) is 31.6 Å². The van der Waals surface area contributed by atoms with E-state index in [1.54, 1.807) is 7.11 Å². The third kappa shape index (κ3) is 2.74. The van der Waals surface area contributed by atoms with Crippen LogP contribution in [0.25, 0.3) is 0 Å². The number of ether oxygens (including phenoxy) is 1. The molecule has 1 aromatic carbocycles. The zero-order valence-corrected chi connectivity index (χ0v) is 10.9. The van der Waals surface area contributed by atoms with Crippen molar-refractivity contribution in [2.24, 2.45) is 0 Å².